The van der Waals surface area contributed by atoms with Crippen molar-refractivity contribution >= 4 is 17.7 Å². The van der Waals surface area contributed by atoms with Crippen molar-refractivity contribution in [1.82, 2.24) is 15.5 Å². The van der Waals surface area contributed by atoms with Gasteiger partial charge in [-0.15, -0.1) is 0 Å². The molecule has 1 heterocycles. The summed E-state index contributed by atoms with van der Waals surface area (Å²) >= 11 is 2.09. The molecule has 1 aliphatic carbocycles. The Morgan fingerprint density at radius 3 is 2.57 bits per heavy atom. The van der Waals surface area contributed by atoms with Crippen LogP contribution in [0.25, 0.3) is 0 Å². The monoisotopic (exact) mass is 342 g/mol. The summed E-state index contributed by atoms with van der Waals surface area (Å²) in [5.74, 6) is 3.45. The summed E-state index contributed by atoms with van der Waals surface area (Å²) in [6.07, 6.45) is 6.74. The van der Waals surface area contributed by atoms with Gasteiger partial charge >= 0.3 is 0 Å². The minimum atomic E-state index is 0.264. The highest BCUT2D eigenvalue weighted by Gasteiger charge is 2.38. The van der Waals surface area contributed by atoms with E-state index in [-0.39, 0.29) is 6.04 Å². The average molecular weight is 343 g/mol. The Hall–Kier alpha value is -0.460. The Balaban J connectivity index is 1.94. The lowest BCUT2D eigenvalue weighted by Crippen LogP contribution is -2.60. The van der Waals surface area contributed by atoms with Crippen LogP contribution in [0.15, 0.2) is 4.99 Å². The van der Waals surface area contributed by atoms with E-state index in [2.05, 4.69) is 39.2 Å². The van der Waals surface area contributed by atoms with Crippen molar-refractivity contribution in [2.45, 2.75) is 50.6 Å². The maximum atomic E-state index is 5.20. The van der Waals surface area contributed by atoms with Gasteiger partial charge in [0.15, 0.2) is 5.96 Å². The molecule has 0 spiro atoms. The highest BCUT2D eigenvalue weighted by atomic mass is 32.2. The molecule has 0 aromatic rings. The predicted molar refractivity (Wildman–Crippen MR) is 101 cm³/mol. The Labute approximate surface area is 146 Å². The SMILES string of the molecule is CN=C(NCC1(N2CCSCC2)CCCCC1)NC(C)COC. The fraction of sp³-hybridized carbons (Fsp3) is 0.941. The molecule has 2 N–H and O–H groups in total. The van der Waals surface area contributed by atoms with Crippen molar-refractivity contribution in [3.63, 3.8) is 0 Å². The molecular formula is C17H34N4OS. The summed E-state index contributed by atoms with van der Waals surface area (Å²) in [5.41, 5.74) is 0.321. The minimum Gasteiger partial charge on any atom is -0.383 e. The maximum absolute atomic E-state index is 5.20. The molecule has 0 aromatic carbocycles. The second-order valence-electron chi connectivity index (χ2n) is 6.81. The summed E-state index contributed by atoms with van der Waals surface area (Å²) in [6.45, 7) is 6.28. The second kappa shape index (κ2) is 9.74. The topological polar surface area (TPSA) is 48.9 Å². The van der Waals surface area contributed by atoms with Crippen LogP contribution in [0.1, 0.15) is 39.0 Å². The molecule has 1 aliphatic heterocycles. The Kier molecular flexibility index (Phi) is 7.99. The van der Waals surface area contributed by atoms with Crippen LogP contribution in [0.2, 0.25) is 0 Å². The fourth-order valence-corrected chi connectivity index (χ4v) is 4.72. The van der Waals surface area contributed by atoms with E-state index in [1.165, 1.54) is 56.7 Å². The third-order valence-electron chi connectivity index (χ3n) is 5.07. The van der Waals surface area contributed by atoms with E-state index in [1.807, 2.05) is 7.05 Å². The fourth-order valence-electron chi connectivity index (χ4n) is 3.82. The summed E-state index contributed by atoms with van der Waals surface area (Å²) < 4.78 is 5.20. The number of guanidine groups is 1. The number of aliphatic imine (C=N–C) groups is 1. The van der Waals surface area contributed by atoms with Crippen molar-refractivity contribution in [1.29, 1.82) is 0 Å². The van der Waals surface area contributed by atoms with Gasteiger partial charge < -0.3 is 15.4 Å². The Morgan fingerprint density at radius 1 is 1.26 bits per heavy atom. The van der Waals surface area contributed by atoms with E-state index in [9.17, 15) is 0 Å². The molecule has 1 unspecified atom stereocenters. The first kappa shape index (κ1) is 18.9. The van der Waals surface area contributed by atoms with Crippen LogP contribution < -0.4 is 10.6 Å². The van der Waals surface area contributed by atoms with Gasteiger partial charge in [-0.25, -0.2) is 0 Å². The van der Waals surface area contributed by atoms with E-state index < -0.39 is 0 Å². The molecule has 1 saturated carbocycles. The minimum absolute atomic E-state index is 0.264. The molecule has 134 valence electrons. The number of ether oxygens (including phenoxy) is 1. The molecule has 1 saturated heterocycles. The van der Waals surface area contributed by atoms with Crippen LogP contribution in [0.3, 0.4) is 0 Å². The molecule has 2 fully saturated rings. The molecule has 0 bridgehead atoms. The van der Waals surface area contributed by atoms with Crippen molar-refractivity contribution in [3.8, 4) is 0 Å². The van der Waals surface area contributed by atoms with Gasteiger partial charge in [0.2, 0.25) is 0 Å². The molecule has 0 amide bonds. The number of hydrogen-bond donors (Lipinski definition) is 2. The van der Waals surface area contributed by atoms with Crippen LogP contribution in [0.4, 0.5) is 0 Å². The van der Waals surface area contributed by atoms with E-state index in [4.69, 9.17) is 4.74 Å². The van der Waals surface area contributed by atoms with Gasteiger partial charge in [0.25, 0.3) is 0 Å². The van der Waals surface area contributed by atoms with Gasteiger partial charge in [-0.3, -0.25) is 9.89 Å². The van der Waals surface area contributed by atoms with Crippen LogP contribution in [0.5, 0.6) is 0 Å². The van der Waals surface area contributed by atoms with E-state index >= 15 is 0 Å². The molecule has 2 rings (SSSR count). The first-order valence-electron chi connectivity index (χ1n) is 8.99. The summed E-state index contributed by atoms with van der Waals surface area (Å²) in [4.78, 5) is 7.14. The lowest BCUT2D eigenvalue weighted by atomic mass is 9.80. The van der Waals surface area contributed by atoms with Crippen LogP contribution in [-0.4, -0.2) is 74.3 Å². The number of hydrogen-bond acceptors (Lipinski definition) is 4. The van der Waals surface area contributed by atoms with Gasteiger partial charge in [-0.2, -0.15) is 11.8 Å². The zero-order valence-electron chi connectivity index (χ0n) is 15.1. The molecular weight excluding hydrogens is 308 g/mol. The standard InChI is InChI=1S/C17H34N4OS/c1-15(13-22-3)20-16(18-2)19-14-17(7-5-4-6-8-17)21-9-11-23-12-10-21/h15H,4-14H2,1-3H3,(H2,18,19,20). The molecule has 0 aromatic heterocycles. The zero-order chi connectivity index (χ0) is 16.5. The Bertz CT molecular complexity index is 366. The second-order valence-corrected chi connectivity index (χ2v) is 8.04. The van der Waals surface area contributed by atoms with Gasteiger partial charge in [-0.1, -0.05) is 19.3 Å². The summed E-state index contributed by atoms with van der Waals surface area (Å²) in [7, 11) is 3.58. The quantitative estimate of drug-likeness (QED) is 0.571. The summed E-state index contributed by atoms with van der Waals surface area (Å²) in [5, 5.41) is 7.02. The van der Waals surface area contributed by atoms with Gasteiger partial charge in [-0.05, 0) is 19.8 Å². The van der Waals surface area contributed by atoms with Crippen LogP contribution in [0, 0.1) is 0 Å². The third-order valence-corrected chi connectivity index (χ3v) is 6.02. The van der Waals surface area contributed by atoms with Gasteiger partial charge in [0.1, 0.15) is 0 Å². The van der Waals surface area contributed by atoms with E-state index in [1.54, 1.807) is 7.11 Å². The number of methoxy groups -OCH3 is 1. The number of thioether (sulfide) groups is 1. The van der Waals surface area contributed by atoms with Gasteiger partial charge in [0.05, 0.1) is 6.61 Å². The first-order valence-corrected chi connectivity index (χ1v) is 10.1. The zero-order valence-corrected chi connectivity index (χ0v) is 15.9. The lowest BCUT2D eigenvalue weighted by Gasteiger charge is -2.48. The number of nitrogens with one attached hydrogen (secondary N) is 2. The molecule has 6 heteroatoms. The van der Waals surface area contributed by atoms with E-state index in [0.29, 0.717) is 12.1 Å². The molecule has 0 radical (unpaired) electrons. The third kappa shape index (κ3) is 5.54. The lowest BCUT2D eigenvalue weighted by molar-refractivity contribution is 0.0625. The highest BCUT2D eigenvalue weighted by molar-refractivity contribution is 7.99. The summed E-state index contributed by atoms with van der Waals surface area (Å²) in [6, 6.07) is 0.264. The van der Waals surface area contributed by atoms with Crippen LogP contribution in [-0.2, 0) is 4.74 Å². The molecule has 2 aliphatic rings. The normalized spacial score (nSPS) is 24.2. The molecule has 1 atom stereocenters. The molecule has 5 nitrogen and oxygen atoms in total. The van der Waals surface area contributed by atoms with E-state index in [0.717, 1.165) is 12.5 Å². The highest BCUT2D eigenvalue weighted by Crippen LogP contribution is 2.34. The maximum Gasteiger partial charge on any atom is 0.191 e. The largest absolute Gasteiger partial charge is 0.383 e. The first-order chi connectivity index (χ1) is 11.2. The number of nitrogens with zero attached hydrogens (tertiary/aromatic N) is 2. The Morgan fingerprint density at radius 2 is 1.96 bits per heavy atom. The number of rotatable bonds is 6. The van der Waals surface area contributed by atoms with Crippen molar-refractivity contribution in [2.24, 2.45) is 4.99 Å². The predicted octanol–water partition coefficient (Wildman–Crippen LogP) is 1.94. The van der Waals surface area contributed by atoms with Crippen molar-refractivity contribution in [3.05, 3.63) is 0 Å². The van der Waals surface area contributed by atoms with Crippen LogP contribution >= 0.6 is 11.8 Å². The average Bonchev–Trinajstić information content (AvgIpc) is 2.60. The van der Waals surface area contributed by atoms with Crippen molar-refractivity contribution < 1.29 is 4.74 Å². The van der Waals surface area contributed by atoms with Crippen molar-refractivity contribution in [2.75, 3.05) is 51.9 Å². The van der Waals surface area contributed by atoms with Gasteiger partial charge in [0, 0.05) is 56.9 Å². The smallest absolute Gasteiger partial charge is 0.191 e. The molecule has 23 heavy (non-hydrogen) atoms.